The average Bonchev–Trinajstić information content (AvgIpc) is 2.52. The molecule has 2 saturated carbocycles. The molecule has 0 aromatic heterocycles. The summed E-state index contributed by atoms with van der Waals surface area (Å²) >= 11 is 0. The Bertz CT molecular complexity index is 207. The van der Waals surface area contributed by atoms with E-state index in [0.717, 1.165) is 17.8 Å². The average molecular weight is 182 g/mol. The molecule has 1 nitrogen and oxygen atoms in total. The minimum atomic E-state index is -0.1000. The Hall–Kier alpha value is -0.0400. The molecule has 0 bridgehead atoms. The molecular weight excluding hydrogens is 160 g/mol. The Labute approximate surface area is 81.5 Å². The number of hydrogen-bond acceptors (Lipinski definition) is 1. The lowest BCUT2D eigenvalue weighted by atomic mass is 9.80. The van der Waals surface area contributed by atoms with Crippen molar-refractivity contribution >= 4 is 0 Å². The van der Waals surface area contributed by atoms with Gasteiger partial charge in [0.15, 0.2) is 0 Å². The van der Waals surface area contributed by atoms with Gasteiger partial charge in [-0.25, -0.2) is 0 Å². The first-order chi connectivity index (χ1) is 5.94. The fourth-order valence-electron chi connectivity index (χ4n) is 3.72. The van der Waals surface area contributed by atoms with Gasteiger partial charge < -0.3 is 5.11 Å². The quantitative estimate of drug-likeness (QED) is 0.661. The predicted octanol–water partition coefficient (Wildman–Crippen LogP) is 2.69. The van der Waals surface area contributed by atoms with Crippen molar-refractivity contribution in [3.05, 3.63) is 0 Å². The van der Waals surface area contributed by atoms with E-state index >= 15 is 0 Å². The normalized spacial score (nSPS) is 49.6. The van der Waals surface area contributed by atoms with Crippen molar-refractivity contribution in [2.45, 2.75) is 46.6 Å². The van der Waals surface area contributed by atoms with Crippen LogP contribution in [0.4, 0.5) is 0 Å². The summed E-state index contributed by atoms with van der Waals surface area (Å²) in [5.41, 5.74) is 0.520. The molecule has 0 saturated heterocycles. The molecule has 5 atom stereocenters. The molecule has 0 aromatic rings. The second kappa shape index (κ2) is 2.73. The third-order valence-electron chi connectivity index (χ3n) is 4.55. The van der Waals surface area contributed by atoms with Crippen LogP contribution in [0, 0.1) is 29.1 Å². The van der Waals surface area contributed by atoms with Gasteiger partial charge in [-0.2, -0.15) is 0 Å². The number of aliphatic hydroxyl groups excluding tert-OH is 1. The van der Waals surface area contributed by atoms with E-state index in [0.29, 0.717) is 11.3 Å². The van der Waals surface area contributed by atoms with Crippen LogP contribution in [0.3, 0.4) is 0 Å². The highest BCUT2D eigenvalue weighted by molar-refractivity contribution is 5.11. The van der Waals surface area contributed by atoms with Gasteiger partial charge >= 0.3 is 0 Å². The van der Waals surface area contributed by atoms with Crippen LogP contribution in [0.15, 0.2) is 0 Å². The first kappa shape index (κ1) is 9.51. The highest BCUT2D eigenvalue weighted by Crippen LogP contribution is 2.68. The van der Waals surface area contributed by atoms with Crippen molar-refractivity contribution < 1.29 is 5.11 Å². The zero-order valence-corrected chi connectivity index (χ0v) is 9.25. The topological polar surface area (TPSA) is 20.2 Å². The molecule has 2 aliphatic carbocycles. The fraction of sp³-hybridized carbons (Fsp3) is 1.00. The minimum Gasteiger partial charge on any atom is -0.393 e. The van der Waals surface area contributed by atoms with Crippen LogP contribution in [-0.2, 0) is 0 Å². The zero-order valence-electron chi connectivity index (χ0n) is 9.25. The summed E-state index contributed by atoms with van der Waals surface area (Å²) in [6, 6.07) is 0. The smallest absolute Gasteiger partial charge is 0.0543 e. The first-order valence-corrected chi connectivity index (χ1v) is 5.62. The van der Waals surface area contributed by atoms with E-state index in [1.54, 1.807) is 0 Å². The summed E-state index contributed by atoms with van der Waals surface area (Å²) in [5.74, 6) is 3.10. The van der Waals surface area contributed by atoms with Gasteiger partial charge in [-0.05, 0) is 48.9 Å². The van der Waals surface area contributed by atoms with Gasteiger partial charge in [0.05, 0.1) is 6.10 Å². The number of aliphatic hydroxyl groups is 1. The first-order valence-electron chi connectivity index (χ1n) is 5.62. The van der Waals surface area contributed by atoms with Crippen molar-refractivity contribution in [3.8, 4) is 0 Å². The lowest BCUT2D eigenvalue weighted by Gasteiger charge is -2.28. The molecule has 2 rings (SSSR count). The molecule has 0 aromatic carbocycles. The Kier molecular flexibility index (Phi) is 1.99. The molecule has 13 heavy (non-hydrogen) atoms. The van der Waals surface area contributed by atoms with E-state index in [2.05, 4.69) is 20.8 Å². The van der Waals surface area contributed by atoms with Gasteiger partial charge in [0.2, 0.25) is 0 Å². The highest BCUT2D eigenvalue weighted by atomic mass is 16.3. The molecule has 0 radical (unpaired) electrons. The second-order valence-corrected chi connectivity index (χ2v) is 5.93. The van der Waals surface area contributed by atoms with Crippen LogP contribution < -0.4 is 0 Å². The largest absolute Gasteiger partial charge is 0.393 e. The summed E-state index contributed by atoms with van der Waals surface area (Å²) in [5, 5.41) is 9.72. The zero-order chi connectivity index (χ0) is 9.80. The number of hydrogen-bond donors (Lipinski definition) is 1. The molecule has 0 heterocycles. The van der Waals surface area contributed by atoms with Gasteiger partial charge in [0.25, 0.3) is 0 Å². The Balaban J connectivity index is 2.12. The molecule has 2 fully saturated rings. The lowest BCUT2D eigenvalue weighted by Crippen LogP contribution is -2.26. The van der Waals surface area contributed by atoms with Crippen LogP contribution in [0.2, 0.25) is 0 Å². The van der Waals surface area contributed by atoms with Crippen LogP contribution >= 0.6 is 0 Å². The van der Waals surface area contributed by atoms with Gasteiger partial charge in [-0.3, -0.25) is 0 Å². The Morgan fingerprint density at radius 2 is 1.92 bits per heavy atom. The molecule has 5 unspecified atom stereocenters. The molecule has 0 aliphatic heterocycles. The second-order valence-electron chi connectivity index (χ2n) is 5.93. The molecule has 0 spiro atoms. The minimum absolute atomic E-state index is 0.1000. The standard InChI is InChI=1S/C12H22O/c1-7-5-9(8(2)13)11-10(6-7)12(11,3)4/h7-11,13H,5-6H2,1-4H3. The number of fused-ring (bicyclic) bond motifs is 1. The molecular formula is C12H22O. The SMILES string of the molecule is CC1CC(C(C)O)C2C(C1)C2(C)C. The van der Waals surface area contributed by atoms with Crippen LogP contribution in [0.25, 0.3) is 0 Å². The van der Waals surface area contributed by atoms with Gasteiger partial charge in [-0.1, -0.05) is 20.8 Å². The third kappa shape index (κ3) is 1.32. The van der Waals surface area contributed by atoms with Crippen molar-refractivity contribution in [2.75, 3.05) is 0 Å². The Morgan fingerprint density at radius 1 is 1.31 bits per heavy atom. The summed E-state index contributed by atoms with van der Waals surface area (Å²) in [7, 11) is 0. The van der Waals surface area contributed by atoms with E-state index in [-0.39, 0.29) is 6.10 Å². The maximum atomic E-state index is 9.72. The van der Waals surface area contributed by atoms with E-state index in [1.807, 2.05) is 6.92 Å². The van der Waals surface area contributed by atoms with Crippen LogP contribution in [0.5, 0.6) is 0 Å². The van der Waals surface area contributed by atoms with E-state index < -0.39 is 0 Å². The van der Waals surface area contributed by atoms with Crippen molar-refractivity contribution in [1.29, 1.82) is 0 Å². The molecule has 1 N–H and O–H groups in total. The van der Waals surface area contributed by atoms with Gasteiger partial charge in [0, 0.05) is 0 Å². The van der Waals surface area contributed by atoms with Gasteiger partial charge in [0.1, 0.15) is 0 Å². The van der Waals surface area contributed by atoms with Crippen molar-refractivity contribution in [1.82, 2.24) is 0 Å². The lowest BCUT2D eigenvalue weighted by molar-refractivity contribution is 0.0744. The summed E-state index contributed by atoms with van der Waals surface area (Å²) in [6.45, 7) is 9.04. The van der Waals surface area contributed by atoms with E-state index in [9.17, 15) is 5.11 Å². The molecule has 0 amide bonds. The molecule has 76 valence electrons. The highest BCUT2D eigenvalue weighted by Gasteiger charge is 2.63. The maximum absolute atomic E-state index is 9.72. The summed E-state index contributed by atoms with van der Waals surface area (Å²) in [6.07, 6.45) is 2.53. The Morgan fingerprint density at radius 3 is 2.46 bits per heavy atom. The number of rotatable bonds is 1. The third-order valence-corrected chi connectivity index (χ3v) is 4.55. The van der Waals surface area contributed by atoms with Crippen LogP contribution in [0.1, 0.15) is 40.5 Å². The van der Waals surface area contributed by atoms with Crippen molar-refractivity contribution in [2.24, 2.45) is 29.1 Å². The van der Waals surface area contributed by atoms with Crippen molar-refractivity contribution in [3.63, 3.8) is 0 Å². The van der Waals surface area contributed by atoms with Gasteiger partial charge in [-0.15, -0.1) is 0 Å². The van der Waals surface area contributed by atoms with E-state index in [1.165, 1.54) is 12.8 Å². The maximum Gasteiger partial charge on any atom is 0.0543 e. The molecule has 1 heteroatoms. The predicted molar refractivity (Wildman–Crippen MR) is 54.3 cm³/mol. The van der Waals surface area contributed by atoms with E-state index in [4.69, 9.17) is 0 Å². The molecule has 2 aliphatic rings. The summed E-state index contributed by atoms with van der Waals surface area (Å²) in [4.78, 5) is 0. The fourth-order valence-corrected chi connectivity index (χ4v) is 3.72. The van der Waals surface area contributed by atoms with Crippen LogP contribution in [-0.4, -0.2) is 11.2 Å². The summed E-state index contributed by atoms with van der Waals surface area (Å²) < 4.78 is 0. The monoisotopic (exact) mass is 182 g/mol.